The fourth-order valence-corrected chi connectivity index (χ4v) is 4.33. The Morgan fingerprint density at radius 1 is 1.09 bits per heavy atom. The van der Waals surface area contributed by atoms with Gasteiger partial charge in [0.2, 0.25) is 5.75 Å². The number of carbonyl (C=O) groups excluding carboxylic acids is 1. The zero-order valence-corrected chi connectivity index (χ0v) is 19.2. The minimum Gasteiger partial charge on any atom is -0.493 e. The van der Waals surface area contributed by atoms with Gasteiger partial charge in [0.05, 0.1) is 27.0 Å². The van der Waals surface area contributed by atoms with E-state index in [2.05, 4.69) is 0 Å². The van der Waals surface area contributed by atoms with E-state index in [1.807, 2.05) is 13.8 Å². The molecule has 0 saturated carbocycles. The number of rotatable bonds is 5. The summed E-state index contributed by atoms with van der Waals surface area (Å²) in [5, 5.41) is 18.8. The van der Waals surface area contributed by atoms with Crippen LogP contribution >= 0.6 is 0 Å². The Kier molecular flexibility index (Phi) is 6.28. The second-order valence-electron chi connectivity index (χ2n) is 8.56. The number of carbonyl (C=O) groups is 1. The first-order valence-corrected chi connectivity index (χ1v) is 10.2. The molecule has 1 heterocycles. The summed E-state index contributed by atoms with van der Waals surface area (Å²) < 4.78 is 22.3. The number of hydrogen-bond acceptors (Lipinski definition) is 9. The van der Waals surface area contributed by atoms with Crippen LogP contribution in [0.25, 0.3) is 0 Å². The van der Waals surface area contributed by atoms with Crippen molar-refractivity contribution in [2.24, 2.45) is 16.9 Å². The molecule has 0 bridgehead atoms. The first kappa shape index (κ1) is 23.6. The minimum absolute atomic E-state index is 0.0708. The van der Waals surface area contributed by atoms with Crippen molar-refractivity contribution in [2.45, 2.75) is 32.6 Å². The van der Waals surface area contributed by atoms with E-state index in [-0.39, 0.29) is 40.3 Å². The maximum absolute atomic E-state index is 13.4. The van der Waals surface area contributed by atoms with Gasteiger partial charge in [0.15, 0.2) is 28.7 Å². The van der Waals surface area contributed by atoms with E-state index in [9.17, 15) is 15.3 Å². The zero-order chi connectivity index (χ0) is 24.5. The van der Waals surface area contributed by atoms with Crippen LogP contribution in [0, 0.1) is 28.1 Å². The Bertz CT molecular complexity index is 1150. The summed E-state index contributed by atoms with van der Waals surface area (Å²) in [6, 6.07) is 6.93. The highest BCUT2D eigenvalue weighted by molar-refractivity contribution is 6.00. The average molecular weight is 450 g/mol. The van der Waals surface area contributed by atoms with Gasteiger partial charge in [-0.25, -0.2) is 0 Å². The van der Waals surface area contributed by atoms with E-state index < -0.39 is 5.92 Å². The molecule has 33 heavy (non-hydrogen) atoms. The van der Waals surface area contributed by atoms with Crippen LogP contribution in [0.1, 0.15) is 38.2 Å². The monoisotopic (exact) mass is 450 g/mol. The third kappa shape index (κ3) is 4.06. The molecule has 9 heteroatoms. The molecule has 1 aromatic carbocycles. The van der Waals surface area contributed by atoms with Gasteiger partial charge in [-0.05, 0) is 23.1 Å². The summed E-state index contributed by atoms with van der Waals surface area (Å²) in [6.07, 6.45) is 0.770. The number of methoxy groups -OCH3 is 3. The van der Waals surface area contributed by atoms with Crippen LogP contribution in [-0.4, -0.2) is 27.1 Å². The molecule has 1 aromatic rings. The number of allylic oxidation sites excluding steroid dienone is 4. The molecule has 0 amide bonds. The van der Waals surface area contributed by atoms with Gasteiger partial charge in [-0.1, -0.05) is 13.8 Å². The molecule has 1 aliphatic carbocycles. The highest BCUT2D eigenvalue weighted by Crippen LogP contribution is 2.51. The maximum atomic E-state index is 13.4. The topological polar surface area (TPSA) is 154 Å². The van der Waals surface area contributed by atoms with Crippen LogP contribution in [0.4, 0.5) is 0 Å². The van der Waals surface area contributed by atoms with Crippen molar-refractivity contribution in [3.63, 3.8) is 0 Å². The van der Waals surface area contributed by atoms with Crippen LogP contribution in [0.5, 0.6) is 17.2 Å². The highest BCUT2D eigenvalue weighted by atomic mass is 16.5. The molecule has 1 aliphatic heterocycles. The second kappa shape index (κ2) is 8.79. The molecule has 0 radical (unpaired) electrons. The number of ether oxygens (including phenoxy) is 4. The molecule has 0 spiro atoms. The number of nitrogens with zero attached hydrogens (tertiary/aromatic N) is 2. The van der Waals surface area contributed by atoms with Crippen molar-refractivity contribution in [2.75, 3.05) is 21.3 Å². The minimum atomic E-state index is -0.803. The van der Waals surface area contributed by atoms with Crippen molar-refractivity contribution in [1.29, 1.82) is 10.5 Å². The Hall–Kier alpha value is -4.11. The Morgan fingerprint density at radius 2 is 1.67 bits per heavy atom. The van der Waals surface area contributed by atoms with E-state index >= 15 is 0 Å². The van der Waals surface area contributed by atoms with Crippen LogP contribution in [0.3, 0.4) is 0 Å². The molecule has 0 fully saturated rings. The van der Waals surface area contributed by atoms with Gasteiger partial charge in [-0.3, -0.25) is 4.79 Å². The van der Waals surface area contributed by atoms with Crippen molar-refractivity contribution >= 4 is 5.78 Å². The number of benzene rings is 1. The summed E-state index contributed by atoms with van der Waals surface area (Å²) in [6.45, 7) is 3.94. The third-order valence-electron chi connectivity index (χ3n) is 5.76. The molecule has 0 saturated heterocycles. The summed E-state index contributed by atoms with van der Waals surface area (Å²) >= 11 is 0. The third-order valence-corrected chi connectivity index (χ3v) is 5.76. The van der Waals surface area contributed by atoms with Gasteiger partial charge in [0.1, 0.15) is 17.9 Å². The van der Waals surface area contributed by atoms with Crippen molar-refractivity contribution in [1.82, 2.24) is 0 Å². The number of ketones is 1. The molecule has 1 unspecified atom stereocenters. The molecule has 9 nitrogen and oxygen atoms in total. The molecule has 0 aromatic heterocycles. The molecule has 2 aliphatic rings. The largest absolute Gasteiger partial charge is 0.493 e. The van der Waals surface area contributed by atoms with E-state index in [4.69, 9.17) is 30.4 Å². The number of nitriles is 2. The van der Waals surface area contributed by atoms with Gasteiger partial charge in [0.25, 0.3) is 0 Å². The van der Waals surface area contributed by atoms with Crippen molar-refractivity contribution in [3.05, 3.63) is 51.8 Å². The predicted octanol–water partition coefficient (Wildman–Crippen LogP) is 2.90. The lowest BCUT2D eigenvalue weighted by Gasteiger charge is -2.38. The quantitative estimate of drug-likeness (QED) is 0.644. The zero-order valence-electron chi connectivity index (χ0n) is 19.2. The maximum Gasteiger partial charge on any atom is 0.203 e. The van der Waals surface area contributed by atoms with Gasteiger partial charge in [-0.2, -0.15) is 10.5 Å². The lowest BCUT2D eigenvalue weighted by molar-refractivity contribution is -0.119. The fourth-order valence-electron chi connectivity index (χ4n) is 4.33. The van der Waals surface area contributed by atoms with Crippen LogP contribution < -0.4 is 25.7 Å². The Morgan fingerprint density at radius 3 is 2.15 bits per heavy atom. The van der Waals surface area contributed by atoms with Crippen LogP contribution in [0.2, 0.25) is 0 Å². The van der Waals surface area contributed by atoms with E-state index in [0.717, 1.165) is 0 Å². The molecule has 1 atom stereocenters. The van der Waals surface area contributed by atoms with E-state index in [1.54, 1.807) is 24.3 Å². The summed E-state index contributed by atoms with van der Waals surface area (Å²) in [7, 11) is 4.44. The van der Waals surface area contributed by atoms with Gasteiger partial charge >= 0.3 is 0 Å². The Labute approximate surface area is 192 Å². The fraction of sp³-hybridized carbons (Fsp3) is 0.375. The predicted molar refractivity (Wildman–Crippen MR) is 119 cm³/mol. The van der Waals surface area contributed by atoms with E-state index in [0.29, 0.717) is 40.6 Å². The number of hydrogen-bond donors (Lipinski definition) is 2. The summed E-state index contributed by atoms with van der Waals surface area (Å²) in [5.74, 6) is 0.544. The lowest BCUT2D eigenvalue weighted by Crippen LogP contribution is -2.35. The second-order valence-corrected chi connectivity index (χ2v) is 8.56. The van der Waals surface area contributed by atoms with Gasteiger partial charge in [-0.15, -0.1) is 0 Å². The summed E-state index contributed by atoms with van der Waals surface area (Å²) in [5.41, 5.74) is 12.8. The molecular formula is C24H26N4O5. The first-order valence-electron chi connectivity index (χ1n) is 10.2. The number of Topliss-reactive ketones (excluding diaryl/α,β-unsaturated/α-hetero) is 1. The molecule has 3 rings (SSSR count). The lowest BCUT2D eigenvalue weighted by atomic mass is 9.69. The molecule has 4 N–H and O–H groups in total. The van der Waals surface area contributed by atoms with E-state index in [1.165, 1.54) is 21.3 Å². The van der Waals surface area contributed by atoms with Crippen molar-refractivity contribution < 1.29 is 23.7 Å². The number of nitrogens with two attached hydrogens (primary N) is 2. The normalized spacial score (nSPS) is 19.0. The smallest absolute Gasteiger partial charge is 0.203 e. The van der Waals surface area contributed by atoms with Gasteiger partial charge in [0, 0.05) is 29.9 Å². The molecular weight excluding hydrogens is 424 g/mol. The standard InChI is InChI=1S/C24H26N4O5/c1-24(2)8-14(29)19-17(9-24)33-23(28)20(21(27)13(10-25)11-26)18(19)12-6-15(30-3)22(32-5)16(7-12)31-4/h6-7,18H,8-9,27-28H2,1-5H3. The van der Waals surface area contributed by atoms with Crippen LogP contribution in [-0.2, 0) is 9.53 Å². The van der Waals surface area contributed by atoms with Crippen molar-refractivity contribution in [3.8, 4) is 29.4 Å². The molecule has 172 valence electrons. The summed E-state index contributed by atoms with van der Waals surface area (Å²) in [4.78, 5) is 13.4. The SMILES string of the molecule is COc1cc(C2C(C(N)=C(C#N)C#N)=C(N)OC3=C2C(=O)CC(C)(C)C3)cc(OC)c1OC. The Balaban J connectivity index is 2.38. The van der Waals surface area contributed by atoms with Gasteiger partial charge < -0.3 is 30.4 Å². The average Bonchev–Trinajstić information content (AvgIpc) is 2.76. The highest BCUT2D eigenvalue weighted by Gasteiger charge is 2.44. The van der Waals surface area contributed by atoms with Crippen LogP contribution in [0.15, 0.2) is 46.2 Å². The first-order chi connectivity index (χ1) is 15.6.